The van der Waals surface area contributed by atoms with Gasteiger partial charge in [-0.2, -0.15) is 9.61 Å². The van der Waals surface area contributed by atoms with Crippen LogP contribution < -0.4 is 4.90 Å². The first-order valence-electron chi connectivity index (χ1n) is 12.5. The number of hydrogen-bond donors (Lipinski definition) is 0. The lowest BCUT2D eigenvalue weighted by atomic mass is 9.89. The summed E-state index contributed by atoms with van der Waals surface area (Å²) in [5.41, 5.74) is 8.65. The summed E-state index contributed by atoms with van der Waals surface area (Å²) < 4.78 is 2.15. The summed E-state index contributed by atoms with van der Waals surface area (Å²) in [7, 11) is 0. The van der Waals surface area contributed by atoms with Crippen LogP contribution in [0.2, 0.25) is 0 Å². The number of anilines is 1. The van der Waals surface area contributed by atoms with Crippen molar-refractivity contribution in [3.05, 3.63) is 83.0 Å². The molecule has 0 saturated carbocycles. The predicted octanol–water partition coefficient (Wildman–Crippen LogP) is 6.04. The molecule has 2 aliphatic rings. The van der Waals surface area contributed by atoms with E-state index in [1.54, 1.807) is 0 Å². The maximum Gasteiger partial charge on any atom is 0.158 e. The van der Waals surface area contributed by atoms with Gasteiger partial charge in [-0.25, -0.2) is 4.98 Å². The monoisotopic (exact) mass is 436 g/mol. The Morgan fingerprint density at radius 3 is 2.55 bits per heavy atom. The zero-order chi connectivity index (χ0) is 22.2. The molecule has 33 heavy (non-hydrogen) atoms. The van der Waals surface area contributed by atoms with Gasteiger partial charge in [0.05, 0.1) is 5.69 Å². The van der Waals surface area contributed by atoms with Gasteiger partial charge in [0.1, 0.15) is 5.82 Å². The molecule has 6 rings (SSSR count). The molecule has 1 aliphatic carbocycles. The third-order valence-corrected chi connectivity index (χ3v) is 7.44. The highest BCUT2D eigenvalue weighted by Gasteiger charge is 2.27. The van der Waals surface area contributed by atoms with E-state index in [4.69, 9.17) is 10.1 Å². The van der Waals surface area contributed by atoms with Gasteiger partial charge in [-0.3, -0.25) is 0 Å². The first-order valence-corrected chi connectivity index (χ1v) is 12.5. The quantitative estimate of drug-likeness (QED) is 0.391. The van der Waals surface area contributed by atoms with Crippen molar-refractivity contribution < 1.29 is 0 Å². The SMILES string of the molecule is Cc1cccc(-c2cc3nc4c(c(N5CCC(Cc6ccccc6)CC5)n3n2)CCCC4)c1. The Morgan fingerprint density at radius 2 is 1.73 bits per heavy atom. The van der Waals surface area contributed by atoms with E-state index in [9.17, 15) is 0 Å². The van der Waals surface area contributed by atoms with E-state index in [1.807, 2.05) is 0 Å². The first-order chi connectivity index (χ1) is 16.2. The molecule has 0 bridgehead atoms. The molecule has 0 radical (unpaired) electrons. The minimum absolute atomic E-state index is 0.761. The van der Waals surface area contributed by atoms with Crippen molar-refractivity contribution in [2.75, 3.05) is 18.0 Å². The Morgan fingerprint density at radius 1 is 0.909 bits per heavy atom. The molecule has 0 atom stereocenters. The van der Waals surface area contributed by atoms with E-state index in [0.717, 1.165) is 43.2 Å². The fraction of sp³-hybridized carbons (Fsp3) is 0.379. The Hall–Kier alpha value is -3.14. The van der Waals surface area contributed by atoms with E-state index in [2.05, 4.69) is 77.0 Å². The fourth-order valence-electron chi connectivity index (χ4n) is 5.69. The van der Waals surface area contributed by atoms with Crippen LogP contribution in [0.3, 0.4) is 0 Å². The fourth-order valence-corrected chi connectivity index (χ4v) is 5.69. The molecule has 0 amide bonds. The number of hydrogen-bond acceptors (Lipinski definition) is 3. The van der Waals surface area contributed by atoms with Crippen LogP contribution in [0.1, 0.15) is 48.1 Å². The number of aryl methyl sites for hydroxylation is 2. The standard InChI is InChI=1S/C29H32N4/c1-21-8-7-11-24(18-21)27-20-28-30-26-13-6-5-12-25(26)29(33(28)31-27)32-16-14-23(15-17-32)19-22-9-3-2-4-10-22/h2-4,7-11,18,20,23H,5-6,12-17,19H2,1H3. The molecule has 4 aromatic rings. The number of fused-ring (bicyclic) bond motifs is 2. The van der Waals surface area contributed by atoms with Crippen molar-refractivity contribution in [3.63, 3.8) is 0 Å². The summed E-state index contributed by atoms with van der Waals surface area (Å²) in [6.07, 6.45) is 8.37. The second kappa shape index (κ2) is 8.66. The lowest BCUT2D eigenvalue weighted by Crippen LogP contribution is -2.37. The molecule has 0 spiro atoms. The Kier molecular flexibility index (Phi) is 5.37. The van der Waals surface area contributed by atoms with Gasteiger partial charge in [-0.05, 0) is 69.4 Å². The van der Waals surface area contributed by atoms with Gasteiger partial charge >= 0.3 is 0 Å². The van der Waals surface area contributed by atoms with Crippen molar-refractivity contribution in [1.29, 1.82) is 0 Å². The molecule has 1 fully saturated rings. The van der Waals surface area contributed by atoms with Crippen LogP contribution in [0, 0.1) is 12.8 Å². The van der Waals surface area contributed by atoms with E-state index in [-0.39, 0.29) is 0 Å². The normalized spacial score (nSPS) is 16.8. The molecule has 3 heterocycles. The third kappa shape index (κ3) is 4.03. The van der Waals surface area contributed by atoms with Gasteiger partial charge in [-0.1, -0.05) is 54.1 Å². The topological polar surface area (TPSA) is 33.4 Å². The van der Waals surface area contributed by atoms with Gasteiger partial charge in [0.2, 0.25) is 0 Å². The van der Waals surface area contributed by atoms with Crippen LogP contribution in [-0.4, -0.2) is 27.7 Å². The van der Waals surface area contributed by atoms with E-state index >= 15 is 0 Å². The van der Waals surface area contributed by atoms with Gasteiger partial charge in [0.15, 0.2) is 5.65 Å². The number of rotatable bonds is 4. The lowest BCUT2D eigenvalue weighted by molar-refractivity contribution is 0.400. The van der Waals surface area contributed by atoms with E-state index in [1.165, 1.54) is 65.9 Å². The van der Waals surface area contributed by atoms with Crippen molar-refractivity contribution in [3.8, 4) is 11.3 Å². The Labute approximate surface area is 196 Å². The second-order valence-corrected chi connectivity index (χ2v) is 9.86. The van der Waals surface area contributed by atoms with Crippen LogP contribution in [0.15, 0.2) is 60.7 Å². The molecule has 4 nitrogen and oxygen atoms in total. The van der Waals surface area contributed by atoms with Crippen molar-refractivity contribution in [2.45, 2.75) is 51.9 Å². The summed E-state index contributed by atoms with van der Waals surface area (Å²) in [6.45, 7) is 4.34. The molecule has 0 unspecified atom stereocenters. The maximum atomic E-state index is 5.11. The Bertz CT molecular complexity index is 1270. The first kappa shape index (κ1) is 20.5. The smallest absolute Gasteiger partial charge is 0.158 e. The molecule has 0 N–H and O–H groups in total. The number of nitrogens with zero attached hydrogens (tertiary/aromatic N) is 4. The molecule has 2 aromatic heterocycles. The average molecular weight is 437 g/mol. The highest BCUT2D eigenvalue weighted by atomic mass is 15.4. The number of benzene rings is 2. The van der Waals surface area contributed by atoms with E-state index < -0.39 is 0 Å². The van der Waals surface area contributed by atoms with Crippen LogP contribution >= 0.6 is 0 Å². The molecule has 168 valence electrons. The van der Waals surface area contributed by atoms with Crippen molar-refractivity contribution in [2.24, 2.45) is 5.92 Å². The highest BCUT2D eigenvalue weighted by molar-refractivity contribution is 5.68. The molecular weight excluding hydrogens is 404 g/mol. The molecular formula is C29H32N4. The van der Waals surface area contributed by atoms with Crippen LogP contribution in [0.4, 0.5) is 5.82 Å². The lowest BCUT2D eigenvalue weighted by Gasteiger charge is -2.35. The molecule has 1 saturated heterocycles. The highest BCUT2D eigenvalue weighted by Crippen LogP contribution is 2.34. The van der Waals surface area contributed by atoms with Crippen LogP contribution in [0.5, 0.6) is 0 Å². The average Bonchev–Trinajstić information content (AvgIpc) is 3.27. The van der Waals surface area contributed by atoms with Crippen molar-refractivity contribution >= 4 is 11.5 Å². The maximum absolute atomic E-state index is 5.11. The zero-order valence-corrected chi connectivity index (χ0v) is 19.5. The number of aromatic nitrogens is 3. The predicted molar refractivity (Wildman–Crippen MR) is 135 cm³/mol. The van der Waals surface area contributed by atoms with Crippen molar-refractivity contribution in [1.82, 2.24) is 14.6 Å². The largest absolute Gasteiger partial charge is 0.356 e. The second-order valence-electron chi connectivity index (χ2n) is 9.86. The molecule has 2 aromatic carbocycles. The minimum Gasteiger partial charge on any atom is -0.356 e. The third-order valence-electron chi connectivity index (χ3n) is 7.44. The Balaban J connectivity index is 1.34. The minimum atomic E-state index is 0.761. The summed E-state index contributed by atoms with van der Waals surface area (Å²) in [5, 5.41) is 5.11. The molecule has 1 aliphatic heterocycles. The summed E-state index contributed by atoms with van der Waals surface area (Å²) in [6, 6.07) is 21.8. The zero-order valence-electron chi connectivity index (χ0n) is 19.5. The summed E-state index contributed by atoms with van der Waals surface area (Å²) in [4.78, 5) is 7.69. The van der Waals surface area contributed by atoms with Crippen LogP contribution in [-0.2, 0) is 19.3 Å². The summed E-state index contributed by atoms with van der Waals surface area (Å²) >= 11 is 0. The van der Waals surface area contributed by atoms with Crippen LogP contribution in [0.25, 0.3) is 16.9 Å². The molecule has 4 heteroatoms. The number of piperidine rings is 1. The van der Waals surface area contributed by atoms with Gasteiger partial charge in [0, 0.05) is 36.0 Å². The van der Waals surface area contributed by atoms with Gasteiger partial charge in [0.25, 0.3) is 0 Å². The van der Waals surface area contributed by atoms with E-state index in [0.29, 0.717) is 0 Å². The summed E-state index contributed by atoms with van der Waals surface area (Å²) in [5.74, 6) is 2.07. The van der Waals surface area contributed by atoms with Gasteiger partial charge in [-0.15, -0.1) is 0 Å². The van der Waals surface area contributed by atoms with Gasteiger partial charge < -0.3 is 4.90 Å².